The van der Waals surface area contributed by atoms with Gasteiger partial charge in [-0.25, -0.2) is 8.42 Å². The molecule has 32 heavy (non-hydrogen) atoms. The third-order valence-corrected chi connectivity index (χ3v) is 6.07. The number of carboxylic acid groups (broad SMARTS) is 1. The van der Waals surface area contributed by atoms with Gasteiger partial charge in [0, 0.05) is 6.42 Å². The Balaban J connectivity index is 1.68. The summed E-state index contributed by atoms with van der Waals surface area (Å²) in [6.45, 7) is 0.362. The van der Waals surface area contributed by atoms with E-state index >= 15 is 0 Å². The van der Waals surface area contributed by atoms with Crippen molar-refractivity contribution >= 4 is 22.2 Å². The second-order valence-electron chi connectivity index (χ2n) is 6.90. The first-order valence-corrected chi connectivity index (χ1v) is 11.2. The number of carbonyl (C=O) groups is 1. The highest BCUT2D eigenvalue weighted by Crippen LogP contribution is 2.22. The van der Waals surface area contributed by atoms with Gasteiger partial charge in [0.1, 0.15) is 11.8 Å². The number of hydrazone groups is 1. The molecule has 166 valence electrons. The lowest BCUT2D eigenvalue weighted by Crippen LogP contribution is -2.33. The van der Waals surface area contributed by atoms with Crippen LogP contribution in [0.2, 0.25) is 0 Å². The molecule has 0 aliphatic heterocycles. The predicted octanol–water partition coefficient (Wildman–Crippen LogP) is 2.70. The normalized spacial score (nSPS) is 12.5. The first-order valence-electron chi connectivity index (χ1n) is 9.74. The highest BCUT2D eigenvalue weighted by molar-refractivity contribution is 7.89. The Labute approximate surface area is 186 Å². The van der Waals surface area contributed by atoms with Crippen molar-refractivity contribution in [3.05, 3.63) is 95.6 Å². The molecule has 0 spiro atoms. The molecule has 4 N–H and O–H groups in total. The maximum Gasteiger partial charge on any atom is 0.326 e. The molecular weight excluding hydrogens is 430 g/mol. The van der Waals surface area contributed by atoms with Crippen molar-refractivity contribution in [2.24, 2.45) is 10.9 Å². The standard InChI is InChI=1S/C23H23N3O5S/c24-25-16-18-11-9-17(10-12-18)13-14-31-20-6-4-5-19(15-20)22(23(27)28)26-32(29,30)21-7-2-1-3-8-21/h1-12,15-16,22,26H,13-14,24H2,(H,27,28). The Morgan fingerprint density at radius 2 is 1.78 bits per heavy atom. The van der Waals surface area contributed by atoms with Crippen molar-refractivity contribution in [3.8, 4) is 5.75 Å². The average Bonchev–Trinajstić information content (AvgIpc) is 2.79. The molecule has 8 nitrogen and oxygen atoms in total. The first-order chi connectivity index (χ1) is 15.4. The summed E-state index contributed by atoms with van der Waals surface area (Å²) < 4.78 is 33.2. The molecule has 3 aromatic carbocycles. The number of carboxylic acids is 1. The summed E-state index contributed by atoms with van der Waals surface area (Å²) in [6, 6.07) is 20.2. The van der Waals surface area contributed by atoms with Crippen LogP contribution in [0.25, 0.3) is 0 Å². The fraction of sp³-hybridized carbons (Fsp3) is 0.130. The molecule has 1 atom stereocenters. The highest BCUT2D eigenvalue weighted by Gasteiger charge is 2.27. The van der Waals surface area contributed by atoms with Gasteiger partial charge in [-0.05, 0) is 41.0 Å². The van der Waals surface area contributed by atoms with E-state index in [9.17, 15) is 18.3 Å². The summed E-state index contributed by atoms with van der Waals surface area (Å²) in [6.07, 6.45) is 2.18. The zero-order valence-electron chi connectivity index (χ0n) is 17.1. The van der Waals surface area contributed by atoms with Crippen molar-refractivity contribution in [1.82, 2.24) is 4.72 Å². The van der Waals surface area contributed by atoms with E-state index in [1.54, 1.807) is 36.5 Å². The van der Waals surface area contributed by atoms with Crippen LogP contribution in [0, 0.1) is 0 Å². The molecule has 0 fully saturated rings. The molecule has 0 heterocycles. The van der Waals surface area contributed by atoms with E-state index in [-0.39, 0.29) is 10.5 Å². The van der Waals surface area contributed by atoms with Crippen molar-refractivity contribution in [3.63, 3.8) is 0 Å². The number of benzene rings is 3. The topological polar surface area (TPSA) is 131 Å². The third-order valence-electron chi connectivity index (χ3n) is 4.63. The molecule has 3 aromatic rings. The lowest BCUT2D eigenvalue weighted by molar-refractivity contribution is -0.139. The summed E-state index contributed by atoms with van der Waals surface area (Å²) in [5, 5.41) is 13.1. The molecule has 0 saturated heterocycles. The minimum absolute atomic E-state index is 0.0117. The number of hydrogen-bond acceptors (Lipinski definition) is 6. The fourth-order valence-corrected chi connectivity index (χ4v) is 4.21. The van der Waals surface area contributed by atoms with Gasteiger partial charge in [0.25, 0.3) is 0 Å². The molecule has 0 amide bonds. The van der Waals surface area contributed by atoms with E-state index in [0.717, 1.165) is 11.1 Å². The van der Waals surface area contributed by atoms with Gasteiger partial charge in [0.15, 0.2) is 0 Å². The van der Waals surface area contributed by atoms with Crippen molar-refractivity contribution in [1.29, 1.82) is 0 Å². The van der Waals surface area contributed by atoms with Gasteiger partial charge in [0.2, 0.25) is 10.0 Å². The van der Waals surface area contributed by atoms with E-state index in [1.165, 1.54) is 24.3 Å². The maximum atomic E-state index is 12.6. The molecule has 0 aromatic heterocycles. The van der Waals surface area contributed by atoms with E-state index in [0.29, 0.717) is 18.8 Å². The molecule has 0 aliphatic carbocycles. The maximum absolute atomic E-state index is 12.6. The van der Waals surface area contributed by atoms with Crippen LogP contribution < -0.4 is 15.3 Å². The Kier molecular flexibility index (Phi) is 7.58. The van der Waals surface area contributed by atoms with Gasteiger partial charge >= 0.3 is 5.97 Å². The van der Waals surface area contributed by atoms with Crippen LogP contribution in [0.3, 0.4) is 0 Å². The Morgan fingerprint density at radius 3 is 2.44 bits per heavy atom. The number of nitrogens with one attached hydrogen (secondary N) is 1. The molecular formula is C23H23N3O5S. The number of aliphatic carboxylic acids is 1. The van der Waals surface area contributed by atoms with Crippen LogP contribution in [-0.4, -0.2) is 32.3 Å². The van der Waals surface area contributed by atoms with Gasteiger partial charge < -0.3 is 15.7 Å². The smallest absolute Gasteiger partial charge is 0.326 e. The molecule has 9 heteroatoms. The number of nitrogens with two attached hydrogens (primary N) is 1. The van der Waals surface area contributed by atoms with Crippen LogP contribution in [0.5, 0.6) is 5.75 Å². The van der Waals surface area contributed by atoms with E-state index in [1.807, 2.05) is 24.3 Å². The van der Waals surface area contributed by atoms with E-state index in [2.05, 4.69) is 9.82 Å². The Hall–Kier alpha value is -3.69. The van der Waals surface area contributed by atoms with Gasteiger partial charge in [-0.15, -0.1) is 0 Å². The largest absolute Gasteiger partial charge is 0.493 e. The number of rotatable bonds is 10. The second-order valence-corrected chi connectivity index (χ2v) is 8.61. The SMILES string of the molecule is NN=Cc1ccc(CCOc2cccc(C(NS(=O)(=O)c3ccccc3)C(=O)O)c2)cc1. The second kappa shape index (κ2) is 10.6. The minimum atomic E-state index is -4.01. The molecule has 1 unspecified atom stereocenters. The highest BCUT2D eigenvalue weighted by atomic mass is 32.2. The van der Waals surface area contributed by atoms with Crippen molar-refractivity contribution in [2.45, 2.75) is 17.4 Å². The summed E-state index contributed by atoms with van der Waals surface area (Å²) >= 11 is 0. The van der Waals surface area contributed by atoms with Crippen LogP contribution in [-0.2, 0) is 21.2 Å². The molecule has 0 saturated carbocycles. The Bertz CT molecular complexity index is 1180. The fourth-order valence-electron chi connectivity index (χ4n) is 3.01. The number of hydrogen-bond donors (Lipinski definition) is 3. The van der Waals surface area contributed by atoms with Crippen LogP contribution in [0.4, 0.5) is 0 Å². The monoisotopic (exact) mass is 453 g/mol. The molecule has 0 radical (unpaired) electrons. The molecule has 3 rings (SSSR count). The van der Waals surface area contributed by atoms with Crippen LogP contribution >= 0.6 is 0 Å². The van der Waals surface area contributed by atoms with Crippen LogP contribution in [0.1, 0.15) is 22.7 Å². The van der Waals surface area contributed by atoms with Gasteiger partial charge in [-0.3, -0.25) is 4.79 Å². The van der Waals surface area contributed by atoms with Gasteiger partial charge in [-0.1, -0.05) is 54.6 Å². The summed E-state index contributed by atoms with van der Waals surface area (Å²) in [7, 11) is -4.01. The lowest BCUT2D eigenvalue weighted by atomic mass is 10.1. The summed E-state index contributed by atoms with van der Waals surface area (Å²) in [4.78, 5) is 11.8. The Morgan fingerprint density at radius 1 is 1.06 bits per heavy atom. The van der Waals surface area contributed by atoms with Gasteiger partial charge in [-0.2, -0.15) is 9.82 Å². The lowest BCUT2D eigenvalue weighted by Gasteiger charge is -2.16. The van der Waals surface area contributed by atoms with Gasteiger partial charge in [0.05, 0.1) is 17.7 Å². The molecule has 0 bridgehead atoms. The first kappa shape index (κ1) is 23.0. The predicted molar refractivity (Wildman–Crippen MR) is 121 cm³/mol. The van der Waals surface area contributed by atoms with E-state index < -0.39 is 22.0 Å². The minimum Gasteiger partial charge on any atom is -0.493 e. The quantitative estimate of drug-likeness (QED) is 0.246. The third kappa shape index (κ3) is 6.16. The van der Waals surface area contributed by atoms with E-state index in [4.69, 9.17) is 10.6 Å². The summed E-state index contributed by atoms with van der Waals surface area (Å²) in [5.41, 5.74) is 2.21. The zero-order chi connectivity index (χ0) is 23.0. The number of nitrogens with zero attached hydrogens (tertiary/aromatic N) is 1. The number of sulfonamides is 1. The van der Waals surface area contributed by atoms with Crippen molar-refractivity contribution < 1.29 is 23.1 Å². The van der Waals surface area contributed by atoms with Crippen LogP contribution in [0.15, 0.2) is 88.9 Å². The zero-order valence-corrected chi connectivity index (χ0v) is 17.9. The van der Waals surface area contributed by atoms with Crippen molar-refractivity contribution in [2.75, 3.05) is 6.61 Å². The average molecular weight is 454 g/mol. The summed E-state index contributed by atoms with van der Waals surface area (Å²) in [5.74, 6) is 4.26. The number of ether oxygens (including phenoxy) is 1. The molecule has 0 aliphatic rings.